The maximum Gasteiger partial charge on any atom is 0.200 e. The van der Waals surface area contributed by atoms with E-state index in [1.165, 1.54) is 11.8 Å². The molecule has 0 spiro atoms. The SMILES string of the molecule is COc1ccc(Cl)cc1/C=C1\Sc2ccccc2C1=O. The summed E-state index contributed by atoms with van der Waals surface area (Å²) >= 11 is 7.49. The molecule has 0 aliphatic carbocycles. The molecule has 0 amide bonds. The standard InChI is InChI=1S/C16H11ClO2S/c1-19-13-7-6-11(17)8-10(13)9-15-16(18)12-4-2-3-5-14(12)20-15/h2-9H,1H3/b15-9-. The van der Waals surface area contributed by atoms with E-state index in [0.717, 1.165) is 16.0 Å². The van der Waals surface area contributed by atoms with Gasteiger partial charge in [-0.25, -0.2) is 0 Å². The Hall–Kier alpha value is -1.71. The fourth-order valence-electron chi connectivity index (χ4n) is 2.10. The Bertz CT molecular complexity index is 722. The highest BCUT2D eigenvalue weighted by atomic mass is 35.5. The van der Waals surface area contributed by atoms with Crippen molar-refractivity contribution in [1.29, 1.82) is 0 Å². The number of fused-ring (bicyclic) bond motifs is 1. The van der Waals surface area contributed by atoms with Crippen LogP contribution < -0.4 is 4.74 Å². The van der Waals surface area contributed by atoms with Gasteiger partial charge in [0.1, 0.15) is 5.75 Å². The van der Waals surface area contributed by atoms with Crippen LogP contribution >= 0.6 is 23.4 Å². The van der Waals surface area contributed by atoms with E-state index in [1.807, 2.05) is 30.3 Å². The fraction of sp³-hybridized carbons (Fsp3) is 0.0625. The van der Waals surface area contributed by atoms with E-state index in [0.29, 0.717) is 15.7 Å². The van der Waals surface area contributed by atoms with Gasteiger partial charge in [0.2, 0.25) is 5.78 Å². The van der Waals surface area contributed by atoms with Crippen molar-refractivity contribution in [2.45, 2.75) is 4.90 Å². The van der Waals surface area contributed by atoms with Crippen molar-refractivity contribution in [3.8, 4) is 5.75 Å². The van der Waals surface area contributed by atoms with Gasteiger partial charge in [0.25, 0.3) is 0 Å². The predicted octanol–water partition coefficient (Wildman–Crippen LogP) is 4.68. The van der Waals surface area contributed by atoms with Gasteiger partial charge in [-0.05, 0) is 36.4 Å². The maximum atomic E-state index is 12.3. The summed E-state index contributed by atoms with van der Waals surface area (Å²) in [5, 5.41) is 0.616. The minimum atomic E-state index is 0.0487. The highest BCUT2D eigenvalue weighted by molar-refractivity contribution is 8.04. The Balaban J connectivity index is 2.03. The molecule has 20 heavy (non-hydrogen) atoms. The molecule has 1 aliphatic rings. The number of carbonyl (C=O) groups excluding carboxylic acids is 1. The van der Waals surface area contributed by atoms with E-state index >= 15 is 0 Å². The van der Waals surface area contributed by atoms with E-state index in [-0.39, 0.29) is 5.78 Å². The maximum absolute atomic E-state index is 12.3. The summed E-state index contributed by atoms with van der Waals surface area (Å²) in [6.07, 6.45) is 1.83. The lowest BCUT2D eigenvalue weighted by molar-refractivity contribution is 0.104. The molecule has 2 aromatic carbocycles. The summed E-state index contributed by atoms with van der Waals surface area (Å²) in [5.41, 5.74) is 1.56. The highest BCUT2D eigenvalue weighted by Gasteiger charge is 2.25. The Morgan fingerprint density at radius 3 is 2.75 bits per heavy atom. The molecule has 1 aliphatic heterocycles. The van der Waals surface area contributed by atoms with Gasteiger partial charge in [-0.15, -0.1) is 0 Å². The summed E-state index contributed by atoms with van der Waals surface area (Å²) in [6.45, 7) is 0. The van der Waals surface area contributed by atoms with Gasteiger partial charge in [-0.2, -0.15) is 0 Å². The van der Waals surface area contributed by atoms with E-state index in [1.54, 1.807) is 25.3 Å². The van der Waals surface area contributed by atoms with Gasteiger partial charge in [-0.1, -0.05) is 35.5 Å². The molecule has 1 heterocycles. The summed E-state index contributed by atoms with van der Waals surface area (Å²) < 4.78 is 5.30. The minimum Gasteiger partial charge on any atom is -0.496 e. The molecule has 0 N–H and O–H groups in total. The van der Waals surface area contributed by atoms with Crippen molar-refractivity contribution < 1.29 is 9.53 Å². The largest absolute Gasteiger partial charge is 0.496 e. The van der Waals surface area contributed by atoms with Crippen LogP contribution in [-0.4, -0.2) is 12.9 Å². The van der Waals surface area contributed by atoms with Crippen LogP contribution in [-0.2, 0) is 0 Å². The Morgan fingerprint density at radius 1 is 1.20 bits per heavy atom. The number of benzene rings is 2. The molecule has 0 aromatic heterocycles. The molecule has 0 bridgehead atoms. The molecular weight excluding hydrogens is 292 g/mol. The van der Waals surface area contributed by atoms with Crippen LogP contribution in [0.3, 0.4) is 0 Å². The second-order valence-electron chi connectivity index (χ2n) is 4.32. The Morgan fingerprint density at radius 2 is 2.00 bits per heavy atom. The number of hydrogen-bond acceptors (Lipinski definition) is 3. The molecule has 0 atom stereocenters. The van der Waals surface area contributed by atoms with E-state index in [9.17, 15) is 4.79 Å². The van der Waals surface area contributed by atoms with Crippen LogP contribution in [0, 0.1) is 0 Å². The van der Waals surface area contributed by atoms with Crippen LogP contribution in [0.5, 0.6) is 5.75 Å². The third-order valence-corrected chi connectivity index (χ3v) is 4.39. The fourth-order valence-corrected chi connectivity index (χ4v) is 3.32. The first-order chi connectivity index (χ1) is 9.69. The van der Waals surface area contributed by atoms with Crippen molar-refractivity contribution >= 4 is 35.2 Å². The summed E-state index contributed by atoms with van der Waals surface area (Å²) in [4.78, 5) is 14.0. The first-order valence-electron chi connectivity index (χ1n) is 6.06. The number of ketones is 1. The van der Waals surface area contributed by atoms with Crippen LogP contribution in [0.15, 0.2) is 52.3 Å². The first-order valence-corrected chi connectivity index (χ1v) is 7.25. The minimum absolute atomic E-state index is 0.0487. The molecule has 0 radical (unpaired) electrons. The highest BCUT2D eigenvalue weighted by Crippen LogP contribution is 2.41. The third kappa shape index (κ3) is 2.35. The number of methoxy groups -OCH3 is 1. The zero-order valence-electron chi connectivity index (χ0n) is 10.7. The number of allylic oxidation sites excluding steroid dienone is 1. The predicted molar refractivity (Wildman–Crippen MR) is 82.6 cm³/mol. The summed E-state index contributed by atoms with van der Waals surface area (Å²) in [6, 6.07) is 13.0. The van der Waals surface area contributed by atoms with Crippen molar-refractivity contribution in [3.05, 3.63) is 63.5 Å². The number of ether oxygens (including phenoxy) is 1. The lowest BCUT2D eigenvalue weighted by Gasteiger charge is -2.05. The molecule has 2 aromatic rings. The van der Waals surface area contributed by atoms with Crippen LogP contribution in [0.2, 0.25) is 5.02 Å². The quantitative estimate of drug-likeness (QED) is 0.754. The van der Waals surface area contributed by atoms with E-state index < -0.39 is 0 Å². The molecular formula is C16H11ClO2S. The lowest BCUT2D eigenvalue weighted by Crippen LogP contribution is -1.94. The second kappa shape index (κ2) is 5.35. The van der Waals surface area contributed by atoms with Crippen LogP contribution in [0.4, 0.5) is 0 Å². The van der Waals surface area contributed by atoms with Crippen molar-refractivity contribution in [2.75, 3.05) is 7.11 Å². The van der Waals surface area contributed by atoms with Crippen molar-refractivity contribution in [1.82, 2.24) is 0 Å². The van der Waals surface area contributed by atoms with Crippen molar-refractivity contribution in [3.63, 3.8) is 0 Å². The molecule has 100 valence electrons. The number of hydrogen-bond donors (Lipinski definition) is 0. The molecule has 0 unspecified atom stereocenters. The molecule has 0 fully saturated rings. The zero-order valence-corrected chi connectivity index (χ0v) is 12.3. The molecule has 0 saturated carbocycles. The Labute approximate surface area is 126 Å². The topological polar surface area (TPSA) is 26.3 Å². The normalized spacial score (nSPS) is 15.5. The molecule has 0 saturated heterocycles. The number of carbonyl (C=O) groups is 1. The van der Waals surface area contributed by atoms with Gasteiger partial charge in [-0.3, -0.25) is 4.79 Å². The lowest BCUT2D eigenvalue weighted by atomic mass is 10.1. The van der Waals surface area contributed by atoms with Gasteiger partial charge < -0.3 is 4.74 Å². The monoisotopic (exact) mass is 302 g/mol. The van der Waals surface area contributed by atoms with Gasteiger partial charge in [0, 0.05) is 21.0 Å². The Kier molecular flexibility index (Phi) is 3.55. The van der Waals surface area contributed by atoms with Crippen molar-refractivity contribution in [2.24, 2.45) is 0 Å². The number of Topliss-reactive ketones (excluding diaryl/α,β-unsaturated/α-hetero) is 1. The molecule has 2 nitrogen and oxygen atoms in total. The van der Waals surface area contributed by atoms with Crippen LogP contribution in [0.25, 0.3) is 6.08 Å². The van der Waals surface area contributed by atoms with Gasteiger partial charge in [0.05, 0.1) is 12.0 Å². The average molecular weight is 303 g/mol. The smallest absolute Gasteiger partial charge is 0.200 e. The zero-order chi connectivity index (χ0) is 14.1. The number of thioether (sulfide) groups is 1. The second-order valence-corrected chi connectivity index (χ2v) is 5.84. The third-order valence-electron chi connectivity index (χ3n) is 3.05. The van der Waals surface area contributed by atoms with Gasteiger partial charge in [0.15, 0.2) is 0 Å². The number of halogens is 1. The average Bonchev–Trinajstić information content (AvgIpc) is 2.76. The molecule has 3 rings (SSSR count). The van der Waals surface area contributed by atoms with E-state index in [2.05, 4.69) is 0 Å². The summed E-state index contributed by atoms with van der Waals surface area (Å²) in [7, 11) is 1.60. The van der Waals surface area contributed by atoms with Crippen LogP contribution in [0.1, 0.15) is 15.9 Å². The first kappa shape index (κ1) is 13.3. The van der Waals surface area contributed by atoms with Gasteiger partial charge >= 0.3 is 0 Å². The number of rotatable bonds is 2. The summed E-state index contributed by atoms with van der Waals surface area (Å²) in [5.74, 6) is 0.749. The van der Waals surface area contributed by atoms with E-state index in [4.69, 9.17) is 16.3 Å². The molecule has 4 heteroatoms.